The van der Waals surface area contributed by atoms with Crippen LogP contribution in [0.5, 0.6) is 0 Å². The molecule has 0 atom stereocenters. The molecule has 0 unspecified atom stereocenters. The van der Waals surface area contributed by atoms with Crippen LogP contribution in [0.2, 0.25) is 0 Å². The molecule has 2 aromatic rings. The average molecular weight is 313 g/mol. The van der Waals surface area contributed by atoms with Gasteiger partial charge in [-0.3, -0.25) is 9.59 Å². The molecule has 1 N–H and O–H groups in total. The van der Waals surface area contributed by atoms with Gasteiger partial charge in [0, 0.05) is 24.8 Å². The third-order valence-corrected chi connectivity index (χ3v) is 4.14. The molecule has 0 bridgehead atoms. The van der Waals surface area contributed by atoms with Crippen LogP contribution in [-0.2, 0) is 17.6 Å². The van der Waals surface area contributed by atoms with Crippen molar-refractivity contribution >= 4 is 11.9 Å². The quantitative estimate of drug-likeness (QED) is 0.915. The average Bonchev–Trinajstić information content (AvgIpc) is 3.15. The van der Waals surface area contributed by atoms with Crippen LogP contribution in [0.3, 0.4) is 0 Å². The smallest absolute Gasteiger partial charge is 0.305 e. The van der Waals surface area contributed by atoms with E-state index in [0.29, 0.717) is 5.69 Å². The molecule has 0 spiro atoms. The van der Waals surface area contributed by atoms with Crippen molar-refractivity contribution in [3.05, 3.63) is 47.3 Å². The minimum absolute atomic E-state index is 0.0657. The highest BCUT2D eigenvalue weighted by Gasteiger charge is 2.28. The van der Waals surface area contributed by atoms with Gasteiger partial charge in [-0.1, -0.05) is 18.2 Å². The molecule has 1 aromatic carbocycles. The number of nitrogens with zero attached hydrogens (tertiary/aromatic N) is 3. The first-order valence-electron chi connectivity index (χ1n) is 7.71. The number of carbonyl (C=O) groups is 2. The Bertz CT molecular complexity index is 737. The highest BCUT2D eigenvalue weighted by Crippen LogP contribution is 2.28. The third-order valence-electron chi connectivity index (χ3n) is 4.14. The molecular formula is C17H19N3O3. The van der Waals surface area contributed by atoms with E-state index in [2.05, 4.69) is 5.10 Å². The fourth-order valence-corrected chi connectivity index (χ4v) is 2.94. The van der Waals surface area contributed by atoms with Gasteiger partial charge in [0.1, 0.15) is 0 Å². The Labute approximate surface area is 134 Å². The van der Waals surface area contributed by atoms with E-state index in [4.69, 9.17) is 5.11 Å². The maximum atomic E-state index is 12.6. The number of hydrogen-bond acceptors (Lipinski definition) is 3. The summed E-state index contributed by atoms with van der Waals surface area (Å²) in [7, 11) is 1.62. The molecule has 3 rings (SSSR count). The Kier molecular flexibility index (Phi) is 4.14. The Morgan fingerprint density at radius 3 is 2.70 bits per heavy atom. The summed E-state index contributed by atoms with van der Waals surface area (Å²) in [5.74, 6) is -1.12. The van der Waals surface area contributed by atoms with Crippen LogP contribution in [0.25, 0.3) is 5.69 Å². The first-order valence-corrected chi connectivity index (χ1v) is 7.71. The second-order valence-electron chi connectivity index (χ2n) is 5.75. The highest BCUT2D eigenvalue weighted by atomic mass is 16.4. The molecule has 0 saturated carbocycles. The molecule has 120 valence electrons. The van der Waals surface area contributed by atoms with E-state index < -0.39 is 5.97 Å². The van der Waals surface area contributed by atoms with Crippen LogP contribution in [0.4, 0.5) is 0 Å². The molecule has 6 nitrogen and oxygen atoms in total. The Morgan fingerprint density at radius 1 is 1.26 bits per heavy atom. The first-order chi connectivity index (χ1) is 11.1. The summed E-state index contributed by atoms with van der Waals surface area (Å²) in [6, 6.07) is 9.76. The van der Waals surface area contributed by atoms with Crippen LogP contribution in [0.1, 0.15) is 34.6 Å². The number of aromatic nitrogens is 2. The molecule has 1 amide bonds. The van der Waals surface area contributed by atoms with E-state index in [9.17, 15) is 9.59 Å². The van der Waals surface area contributed by atoms with Crippen LogP contribution in [0.15, 0.2) is 30.3 Å². The van der Waals surface area contributed by atoms with Gasteiger partial charge in [0.15, 0.2) is 5.69 Å². The lowest BCUT2D eigenvalue weighted by Crippen LogP contribution is -2.30. The van der Waals surface area contributed by atoms with E-state index in [1.807, 2.05) is 35.0 Å². The van der Waals surface area contributed by atoms with Gasteiger partial charge in [-0.25, -0.2) is 4.68 Å². The van der Waals surface area contributed by atoms with E-state index in [0.717, 1.165) is 36.2 Å². The monoisotopic (exact) mass is 313 g/mol. The molecule has 1 heterocycles. The lowest BCUT2D eigenvalue weighted by Gasteiger charge is -2.15. The SMILES string of the molecule is CN(CCC(=O)O)C(=O)c1nn(-c2ccccc2)c2c1CCC2. The number of aliphatic carboxylic acids is 1. The molecule has 1 aliphatic carbocycles. The lowest BCUT2D eigenvalue weighted by atomic mass is 10.2. The van der Waals surface area contributed by atoms with Crippen molar-refractivity contribution in [3.63, 3.8) is 0 Å². The van der Waals surface area contributed by atoms with E-state index in [-0.39, 0.29) is 18.9 Å². The number of para-hydroxylation sites is 1. The van der Waals surface area contributed by atoms with E-state index in [1.54, 1.807) is 7.05 Å². The number of carboxylic acids is 1. The van der Waals surface area contributed by atoms with Crippen molar-refractivity contribution in [1.82, 2.24) is 14.7 Å². The number of carboxylic acid groups (broad SMARTS) is 1. The number of carbonyl (C=O) groups excluding carboxylic acids is 1. The van der Waals surface area contributed by atoms with Gasteiger partial charge in [0.2, 0.25) is 0 Å². The van der Waals surface area contributed by atoms with Gasteiger partial charge in [0.05, 0.1) is 12.1 Å². The summed E-state index contributed by atoms with van der Waals surface area (Å²) in [6.45, 7) is 0.182. The summed E-state index contributed by atoms with van der Waals surface area (Å²) in [6.07, 6.45) is 2.70. The second kappa shape index (κ2) is 6.24. The zero-order valence-corrected chi connectivity index (χ0v) is 13.0. The van der Waals surface area contributed by atoms with Gasteiger partial charge in [-0.2, -0.15) is 5.10 Å². The molecule has 0 aliphatic heterocycles. The number of fused-ring (bicyclic) bond motifs is 1. The topological polar surface area (TPSA) is 75.4 Å². The summed E-state index contributed by atoms with van der Waals surface area (Å²) in [4.78, 5) is 24.7. The zero-order valence-electron chi connectivity index (χ0n) is 13.0. The highest BCUT2D eigenvalue weighted by molar-refractivity contribution is 5.94. The molecule has 0 radical (unpaired) electrons. The fourth-order valence-electron chi connectivity index (χ4n) is 2.94. The van der Waals surface area contributed by atoms with Gasteiger partial charge in [-0.05, 0) is 31.4 Å². The van der Waals surface area contributed by atoms with E-state index >= 15 is 0 Å². The summed E-state index contributed by atoms with van der Waals surface area (Å²) in [5, 5.41) is 13.3. The molecular weight excluding hydrogens is 294 g/mol. The first kappa shape index (κ1) is 15.3. The van der Waals surface area contributed by atoms with Crippen molar-refractivity contribution in [1.29, 1.82) is 0 Å². The van der Waals surface area contributed by atoms with Gasteiger partial charge in [0.25, 0.3) is 5.91 Å². The summed E-state index contributed by atoms with van der Waals surface area (Å²) < 4.78 is 1.85. The molecule has 6 heteroatoms. The number of amides is 1. The van der Waals surface area contributed by atoms with Gasteiger partial charge >= 0.3 is 5.97 Å². The van der Waals surface area contributed by atoms with Crippen molar-refractivity contribution in [2.45, 2.75) is 25.7 Å². The zero-order chi connectivity index (χ0) is 16.4. The van der Waals surface area contributed by atoms with Gasteiger partial charge in [-0.15, -0.1) is 0 Å². The fraction of sp³-hybridized carbons (Fsp3) is 0.353. The van der Waals surface area contributed by atoms with Gasteiger partial charge < -0.3 is 10.0 Å². The Morgan fingerprint density at radius 2 is 2.00 bits per heavy atom. The minimum atomic E-state index is -0.912. The van der Waals surface area contributed by atoms with Crippen LogP contribution in [0, 0.1) is 0 Å². The number of benzene rings is 1. The van der Waals surface area contributed by atoms with Crippen molar-refractivity contribution in [2.75, 3.05) is 13.6 Å². The maximum absolute atomic E-state index is 12.6. The van der Waals surface area contributed by atoms with Crippen LogP contribution in [-0.4, -0.2) is 45.3 Å². The molecule has 0 fully saturated rings. The molecule has 1 aromatic heterocycles. The van der Waals surface area contributed by atoms with Crippen molar-refractivity contribution in [3.8, 4) is 5.69 Å². The number of hydrogen-bond donors (Lipinski definition) is 1. The largest absolute Gasteiger partial charge is 0.481 e. The minimum Gasteiger partial charge on any atom is -0.481 e. The third kappa shape index (κ3) is 2.97. The predicted molar refractivity (Wildman–Crippen MR) is 84.8 cm³/mol. The lowest BCUT2D eigenvalue weighted by molar-refractivity contribution is -0.137. The Hall–Kier alpha value is -2.63. The van der Waals surface area contributed by atoms with Crippen molar-refractivity contribution in [2.24, 2.45) is 0 Å². The maximum Gasteiger partial charge on any atom is 0.305 e. The second-order valence-corrected chi connectivity index (χ2v) is 5.75. The predicted octanol–water partition coefficient (Wildman–Crippen LogP) is 1.91. The van der Waals surface area contributed by atoms with Crippen LogP contribution < -0.4 is 0 Å². The van der Waals surface area contributed by atoms with Crippen molar-refractivity contribution < 1.29 is 14.7 Å². The van der Waals surface area contributed by atoms with Crippen LogP contribution >= 0.6 is 0 Å². The summed E-state index contributed by atoms with van der Waals surface area (Å²) >= 11 is 0. The molecule has 23 heavy (non-hydrogen) atoms. The number of rotatable bonds is 5. The normalized spacial score (nSPS) is 12.9. The van der Waals surface area contributed by atoms with E-state index in [1.165, 1.54) is 4.90 Å². The standard InChI is InChI=1S/C17H19N3O3/c1-19(11-10-15(21)22)17(23)16-13-8-5-9-14(13)20(18-16)12-6-3-2-4-7-12/h2-4,6-7H,5,8-11H2,1H3,(H,21,22). The molecule has 1 aliphatic rings. The Balaban J connectivity index is 1.92. The summed E-state index contributed by atoms with van der Waals surface area (Å²) in [5.41, 5.74) is 3.49. The molecule has 0 saturated heterocycles.